The molecule has 2 amide bonds. The molecule has 0 aliphatic rings. The smallest absolute Gasteiger partial charge is 0.350 e. The molecule has 0 bridgehead atoms. The highest BCUT2D eigenvalue weighted by atomic mass is 32.2. The van der Waals surface area contributed by atoms with Gasteiger partial charge < -0.3 is 42.9 Å². The molecule has 12 N–H and O–H groups in total. The maximum absolute atomic E-state index is 13.2. The number of aromatic nitrogens is 1. The molecule has 0 saturated carbocycles. The van der Waals surface area contributed by atoms with Gasteiger partial charge in [-0.25, -0.2) is 14.6 Å². The van der Waals surface area contributed by atoms with Gasteiger partial charge in [0.1, 0.15) is 17.8 Å². The van der Waals surface area contributed by atoms with Gasteiger partial charge in [-0.15, -0.1) is 11.3 Å². The second-order valence-corrected chi connectivity index (χ2v) is 10.7. The molecular weight excluding hydrogens is 578 g/mol. The molecule has 2 unspecified atom stereocenters. The van der Waals surface area contributed by atoms with Crippen LogP contribution in [0.5, 0.6) is 0 Å². The number of hydrogen-bond acceptors (Lipinski definition) is 12. The van der Waals surface area contributed by atoms with E-state index >= 15 is 0 Å². The summed E-state index contributed by atoms with van der Waals surface area (Å²) in [5.74, 6) is -5.50. The number of oxime groups is 1. The number of aliphatic carboxylic acids is 2. The molecule has 0 aromatic carbocycles. The Labute approximate surface area is 232 Å². The number of thiazole rings is 1. The number of nitrogens with zero attached hydrogens (tertiary/aromatic N) is 3. The third kappa shape index (κ3) is 11.3. The lowest BCUT2D eigenvalue weighted by Crippen LogP contribution is -2.60. The summed E-state index contributed by atoms with van der Waals surface area (Å²) < 4.78 is 33.7. The first-order valence-corrected chi connectivity index (χ1v) is 13.5. The fourth-order valence-electron chi connectivity index (χ4n) is 2.75. The molecule has 0 fully saturated rings. The third-order valence-corrected chi connectivity index (χ3v) is 6.17. The first kappa shape index (κ1) is 33.9. The maximum Gasteiger partial charge on any atom is 0.350 e. The fourth-order valence-corrected chi connectivity index (χ4v) is 3.91. The molecule has 0 spiro atoms. The standard InChI is InChI=1S/C19H31N9O10S2/c1-8(28-40(35,36)37)11(13(29)24-9(15(31)32)5-4-6-23-17(20)21)26-14(30)12(10-7-39-18(22)25-10)27-38-19(2,3)16(33)34/h7-9,11,28H,4-6H2,1-3H3,(H2,22,25)(H,24,29)(H,26,30)(H,31,32)(H,33,34)(H4,20,21,23)(H,35,36,37)/b27-12-/t8?,9-,11?/m0/s1. The zero-order valence-electron chi connectivity index (χ0n) is 21.5. The fraction of sp³-hybridized carbons (Fsp3) is 0.526. The van der Waals surface area contributed by atoms with Crippen LogP contribution in [0, 0.1) is 0 Å². The van der Waals surface area contributed by atoms with Gasteiger partial charge in [-0.2, -0.15) is 13.1 Å². The number of guanidine groups is 1. The van der Waals surface area contributed by atoms with Crippen LogP contribution in [0.1, 0.15) is 39.3 Å². The number of carbonyl (C=O) groups is 4. The van der Waals surface area contributed by atoms with E-state index in [-0.39, 0.29) is 36.2 Å². The second kappa shape index (κ2) is 14.3. The Morgan fingerprint density at radius 1 is 1.20 bits per heavy atom. The molecule has 1 aromatic heterocycles. The van der Waals surface area contributed by atoms with Crippen LogP contribution in [-0.2, 0) is 34.3 Å². The van der Waals surface area contributed by atoms with Gasteiger partial charge in [0, 0.05) is 11.9 Å². The Bertz CT molecular complexity index is 1260. The van der Waals surface area contributed by atoms with Crippen LogP contribution in [0.2, 0.25) is 0 Å². The molecule has 1 aromatic rings. The van der Waals surface area contributed by atoms with E-state index in [1.54, 1.807) is 4.72 Å². The lowest BCUT2D eigenvalue weighted by atomic mass is 10.1. The monoisotopic (exact) mass is 609 g/mol. The number of nitrogens with two attached hydrogens (primary N) is 3. The number of amides is 2. The first-order valence-electron chi connectivity index (χ1n) is 11.2. The predicted molar refractivity (Wildman–Crippen MR) is 141 cm³/mol. The van der Waals surface area contributed by atoms with Crippen molar-refractivity contribution in [2.24, 2.45) is 21.6 Å². The number of carboxylic acids is 2. The maximum atomic E-state index is 13.2. The largest absolute Gasteiger partial charge is 0.480 e. The van der Waals surface area contributed by atoms with Gasteiger partial charge in [0.2, 0.25) is 11.5 Å². The summed E-state index contributed by atoms with van der Waals surface area (Å²) in [7, 11) is -4.90. The molecule has 224 valence electrons. The number of nitrogens with one attached hydrogen (secondary N) is 3. The SMILES string of the molecule is CC(NS(=O)(=O)O)C(NC(=O)/C(=N\OC(C)(C)C(=O)O)c1csc(N)n1)C(=O)N[C@@H](CCCN=C(N)N)C(=O)O. The summed E-state index contributed by atoms with van der Waals surface area (Å²) in [4.78, 5) is 61.9. The topological polar surface area (TPSA) is 324 Å². The van der Waals surface area contributed by atoms with E-state index in [2.05, 4.69) is 25.8 Å². The molecule has 40 heavy (non-hydrogen) atoms. The Morgan fingerprint density at radius 2 is 1.82 bits per heavy atom. The van der Waals surface area contributed by atoms with Crippen LogP contribution < -0.4 is 32.6 Å². The zero-order chi connectivity index (χ0) is 30.8. The average Bonchev–Trinajstić information content (AvgIpc) is 3.23. The Hall–Kier alpha value is -4.08. The number of aliphatic imine (C=N–C) groups is 1. The molecule has 1 rings (SSSR count). The van der Waals surface area contributed by atoms with Crippen LogP contribution >= 0.6 is 11.3 Å². The number of carbonyl (C=O) groups excluding carboxylic acids is 2. The van der Waals surface area contributed by atoms with Crippen molar-refractivity contribution in [1.82, 2.24) is 20.3 Å². The summed E-state index contributed by atoms with van der Waals surface area (Å²) in [6.45, 7) is 3.41. The molecule has 0 saturated heterocycles. The van der Waals surface area contributed by atoms with E-state index in [0.717, 1.165) is 32.1 Å². The molecule has 0 aliphatic carbocycles. The van der Waals surface area contributed by atoms with E-state index in [1.165, 1.54) is 5.38 Å². The highest BCUT2D eigenvalue weighted by Gasteiger charge is 2.35. The lowest BCUT2D eigenvalue weighted by molar-refractivity contribution is -0.161. The third-order valence-electron chi connectivity index (χ3n) is 4.82. The second-order valence-electron chi connectivity index (χ2n) is 8.60. The summed E-state index contributed by atoms with van der Waals surface area (Å²) >= 11 is 0.892. The first-order chi connectivity index (χ1) is 18.3. The molecule has 21 heteroatoms. The highest BCUT2D eigenvalue weighted by molar-refractivity contribution is 7.83. The molecule has 3 atom stereocenters. The Morgan fingerprint density at radius 3 is 2.30 bits per heavy atom. The minimum atomic E-state index is -4.90. The Kier molecular flexibility index (Phi) is 12.2. The lowest BCUT2D eigenvalue weighted by Gasteiger charge is -2.26. The average molecular weight is 610 g/mol. The van der Waals surface area contributed by atoms with Crippen LogP contribution in [0.25, 0.3) is 0 Å². The van der Waals surface area contributed by atoms with Crippen molar-refractivity contribution in [3.8, 4) is 0 Å². The van der Waals surface area contributed by atoms with Crippen molar-refractivity contribution in [2.75, 3.05) is 12.3 Å². The van der Waals surface area contributed by atoms with Crippen LogP contribution in [0.3, 0.4) is 0 Å². The van der Waals surface area contributed by atoms with E-state index in [0.29, 0.717) is 0 Å². The summed E-state index contributed by atoms with van der Waals surface area (Å²) in [6, 6.07) is -4.90. The Balaban J connectivity index is 3.34. The van der Waals surface area contributed by atoms with E-state index in [1.807, 2.05) is 0 Å². The zero-order valence-corrected chi connectivity index (χ0v) is 23.2. The number of hydrogen-bond donors (Lipinski definition) is 9. The van der Waals surface area contributed by atoms with Crippen LogP contribution in [0.15, 0.2) is 15.5 Å². The normalized spacial score (nSPS) is 14.3. The van der Waals surface area contributed by atoms with Crippen molar-refractivity contribution in [1.29, 1.82) is 0 Å². The van der Waals surface area contributed by atoms with Crippen molar-refractivity contribution < 1.29 is 47.2 Å². The van der Waals surface area contributed by atoms with Crippen molar-refractivity contribution >= 4 is 62.2 Å². The predicted octanol–water partition coefficient (Wildman–Crippen LogP) is -2.80. The van der Waals surface area contributed by atoms with Crippen molar-refractivity contribution in [3.63, 3.8) is 0 Å². The van der Waals surface area contributed by atoms with Gasteiger partial charge in [0.05, 0.1) is 6.04 Å². The minimum Gasteiger partial charge on any atom is -0.480 e. The number of carboxylic acid groups (broad SMARTS) is 2. The molecule has 0 radical (unpaired) electrons. The van der Waals surface area contributed by atoms with E-state index in [4.69, 9.17) is 22.0 Å². The van der Waals surface area contributed by atoms with Gasteiger partial charge in [0.25, 0.3) is 5.91 Å². The minimum absolute atomic E-state index is 0.00581. The number of rotatable bonds is 16. The summed E-state index contributed by atoms with van der Waals surface area (Å²) in [5.41, 5.74) is 13.3. The van der Waals surface area contributed by atoms with Gasteiger partial charge in [0.15, 0.2) is 16.8 Å². The van der Waals surface area contributed by atoms with E-state index in [9.17, 15) is 42.4 Å². The molecule has 1 heterocycles. The van der Waals surface area contributed by atoms with E-state index < -0.39 is 63.5 Å². The van der Waals surface area contributed by atoms with Gasteiger partial charge in [-0.1, -0.05) is 5.16 Å². The highest BCUT2D eigenvalue weighted by Crippen LogP contribution is 2.15. The van der Waals surface area contributed by atoms with Gasteiger partial charge in [-0.3, -0.25) is 19.1 Å². The summed E-state index contributed by atoms with van der Waals surface area (Å²) in [6.07, 6.45) is -0.0225. The van der Waals surface area contributed by atoms with Crippen LogP contribution in [0.4, 0.5) is 5.13 Å². The van der Waals surface area contributed by atoms with Crippen molar-refractivity contribution in [2.45, 2.75) is 57.3 Å². The quantitative estimate of drug-likeness (QED) is 0.0300. The molecule has 19 nitrogen and oxygen atoms in total. The number of anilines is 1. The number of nitrogen functional groups attached to an aromatic ring is 1. The summed E-state index contributed by atoms with van der Waals surface area (Å²) in [5, 5.41) is 27.9. The van der Waals surface area contributed by atoms with Gasteiger partial charge in [-0.05, 0) is 33.6 Å². The van der Waals surface area contributed by atoms with Crippen molar-refractivity contribution in [3.05, 3.63) is 11.1 Å². The van der Waals surface area contributed by atoms with Crippen LogP contribution in [-0.4, -0.2) is 93.9 Å². The molecule has 0 aliphatic heterocycles. The molecular formula is C19H31N9O10S2. The van der Waals surface area contributed by atoms with Gasteiger partial charge >= 0.3 is 22.2 Å².